The number of benzene rings is 1. The minimum absolute atomic E-state index is 0.629. The maximum atomic E-state index is 3.32. The van der Waals surface area contributed by atoms with Crippen molar-refractivity contribution in [3.63, 3.8) is 0 Å². The van der Waals surface area contributed by atoms with Crippen molar-refractivity contribution in [2.75, 3.05) is 33.7 Å². The number of hydrogen-bond acceptors (Lipinski definition) is 4. The van der Waals surface area contributed by atoms with Crippen molar-refractivity contribution >= 4 is 21.4 Å². The molecule has 21 heavy (non-hydrogen) atoms. The van der Waals surface area contributed by atoms with Crippen LogP contribution in [0.15, 0.2) is 24.3 Å². The molecule has 4 heteroatoms. The number of likely N-dealkylation sites (N-methyl/N-ethyl adjacent to an activating group) is 1. The van der Waals surface area contributed by atoms with Gasteiger partial charge in [-0.3, -0.25) is 4.90 Å². The zero-order valence-corrected chi connectivity index (χ0v) is 14.0. The Labute approximate surface area is 131 Å². The van der Waals surface area contributed by atoms with Gasteiger partial charge in [-0.25, -0.2) is 0 Å². The maximum Gasteiger partial charge on any atom is 0.0349 e. The summed E-state index contributed by atoms with van der Waals surface area (Å²) in [5, 5.41) is 4.77. The lowest BCUT2D eigenvalue weighted by atomic mass is 10.1. The van der Waals surface area contributed by atoms with Gasteiger partial charge in [0.05, 0.1) is 0 Å². The molecule has 2 aromatic rings. The molecule has 3 rings (SSSR count). The molecule has 1 saturated heterocycles. The zero-order valence-electron chi connectivity index (χ0n) is 13.2. The van der Waals surface area contributed by atoms with E-state index >= 15 is 0 Å². The molecule has 1 aliphatic rings. The van der Waals surface area contributed by atoms with E-state index in [-0.39, 0.29) is 0 Å². The van der Waals surface area contributed by atoms with Gasteiger partial charge in [0.1, 0.15) is 0 Å². The van der Waals surface area contributed by atoms with Crippen LogP contribution in [0.4, 0.5) is 0 Å². The fourth-order valence-electron chi connectivity index (χ4n) is 3.24. The van der Waals surface area contributed by atoms with E-state index in [2.05, 4.69) is 53.4 Å². The summed E-state index contributed by atoms with van der Waals surface area (Å²) in [6.07, 6.45) is 0. The molecule has 0 aliphatic carbocycles. The fraction of sp³-hybridized carbons (Fsp3) is 0.529. The number of nitrogens with one attached hydrogen (secondary N) is 1. The lowest BCUT2D eigenvalue weighted by molar-refractivity contribution is 0.0941. The molecule has 0 amide bonds. The van der Waals surface area contributed by atoms with Crippen LogP contribution in [0.5, 0.6) is 0 Å². The Balaban J connectivity index is 1.89. The Hall–Kier alpha value is -0.940. The van der Waals surface area contributed by atoms with Crippen molar-refractivity contribution in [2.45, 2.75) is 26.1 Å². The van der Waals surface area contributed by atoms with E-state index in [1.165, 1.54) is 40.2 Å². The lowest BCUT2D eigenvalue weighted by Gasteiger charge is -2.38. The minimum atomic E-state index is 0.629. The first kappa shape index (κ1) is 15.0. The maximum absolute atomic E-state index is 3.32. The van der Waals surface area contributed by atoms with E-state index in [1.54, 1.807) is 0 Å². The van der Waals surface area contributed by atoms with Gasteiger partial charge >= 0.3 is 0 Å². The number of rotatable bonds is 4. The summed E-state index contributed by atoms with van der Waals surface area (Å²) < 4.78 is 1.42. The van der Waals surface area contributed by atoms with Crippen LogP contribution in [0.2, 0.25) is 0 Å². The highest BCUT2D eigenvalue weighted by atomic mass is 32.1. The van der Waals surface area contributed by atoms with E-state index < -0.39 is 0 Å². The van der Waals surface area contributed by atoms with Gasteiger partial charge < -0.3 is 10.2 Å². The number of hydrogen-bond donors (Lipinski definition) is 1. The highest BCUT2D eigenvalue weighted by molar-refractivity contribution is 7.19. The molecule has 0 radical (unpaired) electrons. The van der Waals surface area contributed by atoms with Gasteiger partial charge in [-0.05, 0) is 38.0 Å². The summed E-state index contributed by atoms with van der Waals surface area (Å²) in [4.78, 5) is 6.56. The van der Waals surface area contributed by atoms with Crippen LogP contribution in [0.3, 0.4) is 0 Å². The topological polar surface area (TPSA) is 18.5 Å². The first-order valence-corrected chi connectivity index (χ1v) is 8.57. The first-order chi connectivity index (χ1) is 10.2. The third-order valence-electron chi connectivity index (χ3n) is 4.45. The number of piperazine rings is 1. The van der Waals surface area contributed by atoms with Gasteiger partial charge in [-0.2, -0.15) is 0 Å². The molecule has 1 atom stereocenters. The van der Waals surface area contributed by atoms with E-state index in [4.69, 9.17) is 0 Å². The second kappa shape index (κ2) is 6.44. The molecule has 2 heterocycles. The summed E-state index contributed by atoms with van der Waals surface area (Å²) in [5.41, 5.74) is 1.53. The summed E-state index contributed by atoms with van der Waals surface area (Å²) in [6, 6.07) is 9.46. The van der Waals surface area contributed by atoms with Crippen LogP contribution < -0.4 is 5.32 Å². The Bertz CT molecular complexity index is 607. The molecule has 1 fully saturated rings. The van der Waals surface area contributed by atoms with Crippen LogP contribution in [-0.4, -0.2) is 49.6 Å². The minimum Gasteiger partial charge on any atom is -0.315 e. The lowest BCUT2D eigenvalue weighted by Crippen LogP contribution is -2.49. The Kier molecular flexibility index (Phi) is 4.60. The summed E-state index contributed by atoms with van der Waals surface area (Å²) in [5.74, 6) is 0. The molecule has 114 valence electrons. The Morgan fingerprint density at radius 1 is 1.29 bits per heavy atom. The molecule has 1 aromatic carbocycles. The summed E-state index contributed by atoms with van der Waals surface area (Å²) in [7, 11) is 4.26. The Morgan fingerprint density at radius 3 is 2.86 bits per heavy atom. The summed E-state index contributed by atoms with van der Waals surface area (Å²) in [6.45, 7) is 7.91. The molecule has 3 nitrogen and oxygen atoms in total. The normalized spacial score (nSPS) is 21.2. The van der Waals surface area contributed by atoms with Gasteiger partial charge in [0.2, 0.25) is 0 Å². The predicted molar refractivity (Wildman–Crippen MR) is 92.0 cm³/mol. The number of thiophene rings is 1. The van der Waals surface area contributed by atoms with Crippen LogP contribution in [0, 0.1) is 0 Å². The van der Waals surface area contributed by atoms with Crippen LogP contribution in [-0.2, 0) is 13.1 Å². The monoisotopic (exact) mass is 303 g/mol. The second-order valence-electron chi connectivity index (χ2n) is 6.11. The highest BCUT2D eigenvalue weighted by Crippen LogP contribution is 2.32. The van der Waals surface area contributed by atoms with Crippen molar-refractivity contribution in [3.8, 4) is 0 Å². The van der Waals surface area contributed by atoms with Crippen LogP contribution >= 0.6 is 11.3 Å². The number of fused-ring (bicyclic) bond motifs is 1. The highest BCUT2D eigenvalue weighted by Gasteiger charge is 2.23. The van der Waals surface area contributed by atoms with Crippen LogP contribution in [0.1, 0.15) is 17.4 Å². The molecule has 0 saturated carbocycles. The van der Waals surface area contributed by atoms with Crippen molar-refractivity contribution in [1.29, 1.82) is 0 Å². The molecular formula is C17H25N3S. The predicted octanol–water partition coefficient (Wildman–Crippen LogP) is 2.76. The zero-order chi connectivity index (χ0) is 14.8. The van der Waals surface area contributed by atoms with Gasteiger partial charge in [0, 0.05) is 48.3 Å². The fourth-order valence-corrected chi connectivity index (χ4v) is 4.47. The summed E-state index contributed by atoms with van der Waals surface area (Å²) >= 11 is 1.94. The standard InChI is InChI=1S/C17H25N3S/c1-13-11-19(3)8-9-20(13)12-15-14-6-4-5-7-16(14)21-17(15)10-18-2/h4-7,13,18H,8-12H2,1-3H3. The largest absolute Gasteiger partial charge is 0.315 e. The van der Waals surface area contributed by atoms with E-state index in [1.807, 2.05) is 18.4 Å². The van der Waals surface area contributed by atoms with Gasteiger partial charge in [-0.15, -0.1) is 11.3 Å². The SMILES string of the molecule is CNCc1sc2ccccc2c1CN1CCN(C)CC1C. The molecule has 0 spiro atoms. The van der Waals surface area contributed by atoms with Gasteiger partial charge in [0.15, 0.2) is 0 Å². The molecule has 1 N–H and O–H groups in total. The van der Waals surface area contributed by atoms with Crippen LogP contribution in [0.25, 0.3) is 10.1 Å². The average molecular weight is 303 g/mol. The van der Waals surface area contributed by atoms with E-state index in [0.717, 1.165) is 13.1 Å². The molecule has 0 bridgehead atoms. The van der Waals surface area contributed by atoms with Gasteiger partial charge in [0.25, 0.3) is 0 Å². The van der Waals surface area contributed by atoms with Crippen molar-refractivity contribution in [2.24, 2.45) is 0 Å². The number of nitrogens with zero attached hydrogens (tertiary/aromatic N) is 2. The third-order valence-corrected chi connectivity index (χ3v) is 5.66. The molecule has 1 aliphatic heterocycles. The third kappa shape index (κ3) is 3.14. The smallest absolute Gasteiger partial charge is 0.0349 e. The second-order valence-corrected chi connectivity index (χ2v) is 7.25. The molecule has 1 aromatic heterocycles. The van der Waals surface area contributed by atoms with E-state index in [0.29, 0.717) is 6.04 Å². The van der Waals surface area contributed by atoms with Crippen molar-refractivity contribution in [3.05, 3.63) is 34.7 Å². The molecule has 1 unspecified atom stereocenters. The quantitative estimate of drug-likeness (QED) is 0.937. The van der Waals surface area contributed by atoms with Crippen molar-refractivity contribution in [1.82, 2.24) is 15.1 Å². The Morgan fingerprint density at radius 2 is 2.10 bits per heavy atom. The molecular weight excluding hydrogens is 278 g/mol. The first-order valence-electron chi connectivity index (χ1n) is 7.75. The van der Waals surface area contributed by atoms with E-state index in [9.17, 15) is 0 Å². The van der Waals surface area contributed by atoms with Crippen molar-refractivity contribution < 1.29 is 0 Å². The average Bonchev–Trinajstić information content (AvgIpc) is 2.80. The van der Waals surface area contributed by atoms with Gasteiger partial charge in [-0.1, -0.05) is 18.2 Å².